The molecule has 0 spiro atoms. The molecule has 112 valence electrons. The highest BCUT2D eigenvalue weighted by molar-refractivity contribution is 5.37. The predicted molar refractivity (Wildman–Crippen MR) is 88.9 cm³/mol. The van der Waals surface area contributed by atoms with Crippen molar-refractivity contribution in [1.29, 1.82) is 0 Å². The van der Waals surface area contributed by atoms with Crippen LogP contribution in [0.5, 0.6) is 5.75 Å². The van der Waals surface area contributed by atoms with Crippen molar-refractivity contribution in [2.45, 2.75) is 39.2 Å². The smallest absolute Gasteiger partial charge is 0.119 e. The van der Waals surface area contributed by atoms with Gasteiger partial charge in [0.2, 0.25) is 0 Å². The first-order valence-electron chi connectivity index (χ1n) is 7.63. The van der Waals surface area contributed by atoms with Crippen LogP contribution in [0.1, 0.15) is 42.9 Å². The Morgan fingerprint density at radius 2 is 1.43 bits per heavy atom. The molecular formula is C19H25NO. The zero-order valence-electron chi connectivity index (χ0n) is 13.2. The van der Waals surface area contributed by atoms with Crippen molar-refractivity contribution in [2.75, 3.05) is 6.54 Å². The molecule has 0 saturated carbocycles. The molecule has 21 heavy (non-hydrogen) atoms. The minimum atomic E-state index is 0.202. The van der Waals surface area contributed by atoms with Crippen LogP contribution < -0.4 is 10.5 Å². The second-order valence-electron chi connectivity index (χ2n) is 5.78. The van der Waals surface area contributed by atoms with Crippen molar-refractivity contribution >= 4 is 0 Å². The van der Waals surface area contributed by atoms with Crippen molar-refractivity contribution < 1.29 is 4.74 Å². The van der Waals surface area contributed by atoms with Crippen molar-refractivity contribution in [3.63, 3.8) is 0 Å². The van der Waals surface area contributed by atoms with Gasteiger partial charge >= 0.3 is 0 Å². The van der Waals surface area contributed by atoms with Gasteiger partial charge in [0.25, 0.3) is 0 Å². The van der Waals surface area contributed by atoms with Crippen molar-refractivity contribution in [1.82, 2.24) is 0 Å². The van der Waals surface area contributed by atoms with Gasteiger partial charge in [0.05, 0.1) is 6.10 Å². The maximum absolute atomic E-state index is 5.81. The van der Waals surface area contributed by atoms with Gasteiger partial charge in [0.15, 0.2) is 0 Å². The third kappa shape index (κ3) is 4.33. The molecule has 2 aromatic rings. The van der Waals surface area contributed by atoms with E-state index in [-0.39, 0.29) is 6.10 Å². The van der Waals surface area contributed by atoms with Gasteiger partial charge < -0.3 is 10.5 Å². The Morgan fingerprint density at radius 1 is 0.905 bits per heavy atom. The number of aryl methyl sites for hydroxylation is 1. The van der Waals surface area contributed by atoms with E-state index in [0.29, 0.717) is 12.5 Å². The lowest BCUT2D eigenvalue weighted by Gasteiger charge is -2.18. The molecular weight excluding hydrogens is 258 g/mol. The average molecular weight is 283 g/mol. The number of rotatable bonds is 6. The summed E-state index contributed by atoms with van der Waals surface area (Å²) in [5.74, 6) is 1.27. The Bertz CT molecular complexity index is 543. The highest BCUT2D eigenvalue weighted by Gasteiger charge is 2.13. The van der Waals surface area contributed by atoms with Crippen molar-refractivity contribution in [3.05, 3.63) is 65.2 Å². The monoisotopic (exact) mass is 283 g/mol. The van der Waals surface area contributed by atoms with E-state index in [1.165, 1.54) is 16.7 Å². The lowest BCUT2D eigenvalue weighted by molar-refractivity contribution is 0.242. The standard InChI is InChI=1S/C19H25NO/c1-14(2)21-18-10-8-17(9-11-18)19(12-13-20)16-6-4-15(3)5-7-16/h4-11,14,19H,12-13,20H2,1-3H3/t19-/m1/s1. The van der Waals surface area contributed by atoms with Crippen LogP contribution in [-0.2, 0) is 0 Å². The molecule has 2 aromatic carbocycles. The first-order chi connectivity index (χ1) is 10.1. The highest BCUT2D eigenvalue weighted by atomic mass is 16.5. The highest BCUT2D eigenvalue weighted by Crippen LogP contribution is 2.29. The number of nitrogens with two attached hydrogens (primary N) is 1. The van der Waals surface area contributed by atoms with Crippen LogP contribution in [-0.4, -0.2) is 12.6 Å². The van der Waals surface area contributed by atoms with Crippen molar-refractivity contribution in [3.8, 4) is 5.75 Å². The molecule has 2 nitrogen and oxygen atoms in total. The van der Waals surface area contributed by atoms with E-state index in [1.54, 1.807) is 0 Å². The van der Waals surface area contributed by atoms with E-state index >= 15 is 0 Å². The Hall–Kier alpha value is -1.80. The minimum Gasteiger partial charge on any atom is -0.491 e. The van der Waals surface area contributed by atoms with Crippen LogP contribution in [0.2, 0.25) is 0 Å². The molecule has 0 saturated heterocycles. The van der Waals surface area contributed by atoms with E-state index in [0.717, 1.165) is 12.2 Å². The number of hydrogen-bond acceptors (Lipinski definition) is 2. The van der Waals surface area contributed by atoms with Crippen LogP contribution in [0, 0.1) is 6.92 Å². The van der Waals surface area contributed by atoms with Crippen LogP contribution in [0.25, 0.3) is 0 Å². The summed E-state index contributed by atoms with van der Waals surface area (Å²) in [6.07, 6.45) is 1.15. The lowest BCUT2D eigenvalue weighted by Crippen LogP contribution is -2.09. The fraction of sp³-hybridized carbons (Fsp3) is 0.368. The van der Waals surface area contributed by atoms with Crippen LogP contribution >= 0.6 is 0 Å². The summed E-state index contributed by atoms with van der Waals surface area (Å²) in [6.45, 7) is 6.87. The molecule has 0 aliphatic heterocycles. The largest absolute Gasteiger partial charge is 0.491 e. The SMILES string of the molecule is Cc1ccc([C@@H](CCN)c2ccc(OC(C)C)cc2)cc1. The summed E-state index contributed by atoms with van der Waals surface area (Å²) >= 11 is 0. The zero-order valence-corrected chi connectivity index (χ0v) is 13.2. The maximum atomic E-state index is 5.81. The molecule has 0 fully saturated rings. The van der Waals surface area contributed by atoms with Crippen LogP contribution in [0.4, 0.5) is 0 Å². The minimum absolute atomic E-state index is 0.202. The third-order valence-corrected chi connectivity index (χ3v) is 3.59. The molecule has 0 aliphatic rings. The second-order valence-corrected chi connectivity index (χ2v) is 5.78. The van der Waals surface area contributed by atoms with E-state index in [2.05, 4.69) is 43.3 Å². The number of benzene rings is 2. The van der Waals surface area contributed by atoms with Gasteiger partial charge in [-0.25, -0.2) is 0 Å². The van der Waals surface area contributed by atoms with E-state index in [9.17, 15) is 0 Å². The fourth-order valence-electron chi connectivity index (χ4n) is 2.54. The summed E-state index contributed by atoms with van der Waals surface area (Å²) in [7, 11) is 0. The third-order valence-electron chi connectivity index (χ3n) is 3.59. The molecule has 0 unspecified atom stereocenters. The van der Waals surface area contributed by atoms with E-state index in [1.807, 2.05) is 26.0 Å². The molecule has 0 aliphatic carbocycles. The second kappa shape index (κ2) is 7.28. The topological polar surface area (TPSA) is 35.2 Å². The molecule has 1 atom stereocenters. The molecule has 2 N–H and O–H groups in total. The number of hydrogen-bond donors (Lipinski definition) is 1. The van der Waals surface area contributed by atoms with Gasteiger partial charge in [-0.3, -0.25) is 0 Å². The maximum Gasteiger partial charge on any atom is 0.119 e. The van der Waals surface area contributed by atoms with Gasteiger partial charge in [-0.1, -0.05) is 42.0 Å². The molecule has 0 amide bonds. The van der Waals surface area contributed by atoms with Crippen molar-refractivity contribution in [2.24, 2.45) is 5.73 Å². The summed E-state index contributed by atoms with van der Waals surface area (Å²) in [4.78, 5) is 0. The van der Waals surface area contributed by atoms with E-state index in [4.69, 9.17) is 10.5 Å². The fourth-order valence-corrected chi connectivity index (χ4v) is 2.54. The molecule has 0 bridgehead atoms. The van der Waals surface area contributed by atoms with Gasteiger partial charge in [0, 0.05) is 5.92 Å². The Morgan fingerprint density at radius 3 is 1.90 bits per heavy atom. The van der Waals surface area contributed by atoms with Crippen LogP contribution in [0.15, 0.2) is 48.5 Å². The summed E-state index contributed by atoms with van der Waals surface area (Å²) in [5, 5.41) is 0. The Labute approximate surface area is 127 Å². The Balaban J connectivity index is 2.23. The van der Waals surface area contributed by atoms with Gasteiger partial charge in [0.1, 0.15) is 5.75 Å². The quantitative estimate of drug-likeness (QED) is 0.859. The Kier molecular flexibility index (Phi) is 5.40. The summed E-state index contributed by atoms with van der Waals surface area (Å²) in [6, 6.07) is 17.1. The van der Waals surface area contributed by atoms with Crippen LogP contribution in [0.3, 0.4) is 0 Å². The predicted octanol–water partition coefficient (Wildman–Crippen LogP) is 4.26. The van der Waals surface area contributed by atoms with E-state index < -0.39 is 0 Å². The zero-order chi connectivity index (χ0) is 15.2. The van der Waals surface area contributed by atoms with Gasteiger partial charge in [-0.05, 0) is 57.0 Å². The van der Waals surface area contributed by atoms with Gasteiger partial charge in [-0.2, -0.15) is 0 Å². The summed E-state index contributed by atoms with van der Waals surface area (Å²) in [5.41, 5.74) is 9.70. The molecule has 2 heteroatoms. The first kappa shape index (κ1) is 15.6. The molecule has 2 rings (SSSR count). The first-order valence-corrected chi connectivity index (χ1v) is 7.63. The molecule has 0 radical (unpaired) electrons. The molecule has 0 aromatic heterocycles. The van der Waals surface area contributed by atoms with Gasteiger partial charge in [-0.15, -0.1) is 0 Å². The lowest BCUT2D eigenvalue weighted by atomic mass is 9.88. The number of ether oxygens (including phenoxy) is 1. The molecule has 0 heterocycles. The normalized spacial score (nSPS) is 12.4. The summed E-state index contributed by atoms with van der Waals surface area (Å²) < 4.78 is 5.71. The average Bonchev–Trinajstić information content (AvgIpc) is 2.46.